The highest BCUT2D eigenvalue weighted by Gasteiger charge is 2.22. The lowest BCUT2D eigenvalue weighted by Gasteiger charge is -2.06. The molecule has 0 saturated heterocycles. The molecular weight excluding hydrogens is 382 g/mol. The number of nitrogens with two attached hydrogens (primary N) is 2. The summed E-state index contributed by atoms with van der Waals surface area (Å²) < 4.78 is 0. The highest BCUT2D eigenvalue weighted by atomic mass is 35.5. The van der Waals surface area contributed by atoms with Crippen LogP contribution in [0.5, 0.6) is 0 Å². The van der Waals surface area contributed by atoms with Gasteiger partial charge < -0.3 is 16.8 Å². The van der Waals surface area contributed by atoms with Gasteiger partial charge in [-0.1, -0.05) is 41.9 Å². The second-order valence-corrected chi connectivity index (χ2v) is 7.22. The largest absolute Gasteiger partial charge is 0.397 e. The van der Waals surface area contributed by atoms with Crippen molar-refractivity contribution in [2.45, 2.75) is 0 Å². The van der Waals surface area contributed by atoms with Crippen LogP contribution >= 0.6 is 22.9 Å². The Balaban J connectivity index is 1.83. The third-order valence-corrected chi connectivity index (χ3v) is 5.31. The topological polar surface area (TPSA) is 107 Å². The van der Waals surface area contributed by atoms with Gasteiger partial charge in [0.1, 0.15) is 9.71 Å². The fourth-order valence-corrected chi connectivity index (χ4v) is 3.86. The maximum absolute atomic E-state index is 12.7. The minimum atomic E-state index is -0.303. The van der Waals surface area contributed by atoms with Crippen molar-refractivity contribution in [2.75, 3.05) is 16.8 Å². The second kappa shape index (κ2) is 6.86. The van der Waals surface area contributed by atoms with Crippen LogP contribution in [0, 0.1) is 0 Å². The van der Waals surface area contributed by atoms with Crippen LogP contribution in [0.4, 0.5) is 17.3 Å². The Hall–Kier alpha value is -3.16. The van der Waals surface area contributed by atoms with Crippen molar-refractivity contribution in [3.63, 3.8) is 0 Å². The summed E-state index contributed by atoms with van der Waals surface area (Å²) in [4.78, 5) is 22.2. The molecule has 0 aliphatic heterocycles. The number of carbonyl (C=O) groups excluding carboxylic acids is 1. The number of halogens is 1. The lowest BCUT2D eigenvalue weighted by Crippen LogP contribution is -2.11. The Morgan fingerprint density at radius 3 is 2.41 bits per heavy atom. The average molecular weight is 396 g/mol. The van der Waals surface area contributed by atoms with Gasteiger partial charge >= 0.3 is 0 Å². The summed E-state index contributed by atoms with van der Waals surface area (Å²) in [5.41, 5.74) is 14.6. The molecule has 2 heterocycles. The number of fused-ring (bicyclic) bond motifs is 1. The van der Waals surface area contributed by atoms with E-state index in [1.807, 2.05) is 30.3 Å². The van der Waals surface area contributed by atoms with E-state index < -0.39 is 0 Å². The first-order chi connectivity index (χ1) is 13.0. The van der Waals surface area contributed by atoms with Crippen molar-refractivity contribution in [3.05, 3.63) is 64.5 Å². The quantitative estimate of drug-likeness (QED) is 0.475. The highest BCUT2D eigenvalue weighted by Crippen LogP contribution is 2.39. The monoisotopic (exact) mass is 395 g/mol. The maximum atomic E-state index is 12.7. The van der Waals surface area contributed by atoms with Gasteiger partial charge in [-0.25, -0.2) is 9.97 Å². The molecule has 0 spiro atoms. The van der Waals surface area contributed by atoms with E-state index in [4.69, 9.17) is 23.1 Å². The van der Waals surface area contributed by atoms with Crippen molar-refractivity contribution in [1.29, 1.82) is 0 Å². The van der Waals surface area contributed by atoms with Crippen LogP contribution in [0.25, 0.3) is 21.5 Å². The average Bonchev–Trinajstić information content (AvgIpc) is 2.99. The molecule has 6 nitrogen and oxygen atoms in total. The van der Waals surface area contributed by atoms with Gasteiger partial charge in [-0.05, 0) is 24.3 Å². The third-order valence-electron chi connectivity index (χ3n) is 3.96. The number of carbonyl (C=O) groups is 1. The summed E-state index contributed by atoms with van der Waals surface area (Å²) in [5, 5.41) is 4.05. The SMILES string of the molecule is Nc1nc(-c2ccc(Cl)cc2)c2c(N)c(C(=O)Nc3ccccc3)sc2n1. The number of rotatable bonds is 3. The molecule has 134 valence electrons. The first-order valence-corrected chi connectivity index (χ1v) is 9.20. The van der Waals surface area contributed by atoms with E-state index >= 15 is 0 Å². The molecular formula is C19H14ClN5OS. The van der Waals surface area contributed by atoms with Crippen molar-refractivity contribution in [2.24, 2.45) is 0 Å². The van der Waals surface area contributed by atoms with Crippen LogP contribution in [-0.4, -0.2) is 15.9 Å². The molecule has 1 amide bonds. The molecule has 4 aromatic rings. The Morgan fingerprint density at radius 1 is 1.00 bits per heavy atom. The fourth-order valence-electron chi connectivity index (χ4n) is 2.73. The number of nitrogen functional groups attached to an aromatic ring is 2. The van der Waals surface area contributed by atoms with Gasteiger partial charge in [0.15, 0.2) is 0 Å². The zero-order chi connectivity index (χ0) is 19.0. The van der Waals surface area contributed by atoms with Gasteiger partial charge in [0, 0.05) is 16.3 Å². The molecule has 2 aromatic heterocycles. The summed E-state index contributed by atoms with van der Waals surface area (Å²) in [6.45, 7) is 0. The number of aromatic nitrogens is 2. The van der Waals surface area contributed by atoms with E-state index in [9.17, 15) is 4.79 Å². The molecule has 0 unspecified atom stereocenters. The van der Waals surface area contributed by atoms with Gasteiger partial charge in [-0.15, -0.1) is 11.3 Å². The van der Waals surface area contributed by atoms with E-state index in [2.05, 4.69) is 15.3 Å². The summed E-state index contributed by atoms with van der Waals surface area (Å²) in [6.07, 6.45) is 0. The number of benzene rings is 2. The Bertz CT molecular complexity index is 1140. The number of hydrogen-bond donors (Lipinski definition) is 3. The van der Waals surface area contributed by atoms with Crippen LogP contribution < -0.4 is 16.8 Å². The van der Waals surface area contributed by atoms with Crippen molar-refractivity contribution < 1.29 is 4.79 Å². The number of nitrogens with one attached hydrogen (secondary N) is 1. The second-order valence-electron chi connectivity index (χ2n) is 5.78. The third kappa shape index (κ3) is 3.30. The summed E-state index contributed by atoms with van der Waals surface area (Å²) in [6, 6.07) is 16.3. The molecule has 5 N–H and O–H groups in total. The standard InChI is InChI=1S/C19H14ClN5OS/c20-11-8-6-10(7-9-11)15-13-14(21)16(27-18(13)25-19(22)24-15)17(26)23-12-4-2-1-3-5-12/h1-9H,21H2,(H,23,26)(H2,22,24,25). The zero-order valence-corrected chi connectivity index (χ0v) is 15.5. The van der Waals surface area contributed by atoms with Crippen molar-refractivity contribution >= 4 is 56.4 Å². The minimum absolute atomic E-state index is 0.115. The number of thiophene rings is 1. The lowest BCUT2D eigenvalue weighted by atomic mass is 10.1. The molecule has 8 heteroatoms. The van der Waals surface area contributed by atoms with Crippen LogP contribution in [0.2, 0.25) is 5.02 Å². The summed E-state index contributed by atoms with van der Waals surface area (Å²) in [7, 11) is 0. The van der Waals surface area contributed by atoms with Gasteiger partial charge in [-0.3, -0.25) is 4.79 Å². The molecule has 0 aliphatic rings. The van der Waals surface area contributed by atoms with Crippen molar-refractivity contribution in [3.8, 4) is 11.3 Å². The van der Waals surface area contributed by atoms with Gasteiger partial charge in [-0.2, -0.15) is 0 Å². The summed E-state index contributed by atoms with van der Waals surface area (Å²) >= 11 is 7.15. The van der Waals surface area contributed by atoms with E-state index in [1.54, 1.807) is 24.3 Å². The predicted octanol–water partition coefficient (Wildman–Crippen LogP) is 4.43. The van der Waals surface area contributed by atoms with E-state index in [0.29, 0.717) is 37.2 Å². The van der Waals surface area contributed by atoms with E-state index in [1.165, 1.54) is 11.3 Å². The summed E-state index contributed by atoms with van der Waals surface area (Å²) in [5.74, 6) is -0.189. The molecule has 0 aliphatic carbocycles. The number of nitrogens with zero attached hydrogens (tertiary/aromatic N) is 2. The predicted molar refractivity (Wildman–Crippen MR) is 111 cm³/mol. The molecule has 0 saturated carbocycles. The first-order valence-electron chi connectivity index (χ1n) is 8.01. The maximum Gasteiger partial charge on any atom is 0.267 e. The van der Waals surface area contributed by atoms with Crippen LogP contribution in [-0.2, 0) is 0 Å². The van der Waals surface area contributed by atoms with E-state index in [-0.39, 0.29) is 11.9 Å². The zero-order valence-electron chi connectivity index (χ0n) is 13.9. The lowest BCUT2D eigenvalue weighted by molar-refractivity contribution is 0.103. The molecule has 4 rings (SSSR count). The number of hydrogen-bond acceptors (Lipinski definition) is 6. The molecule has 0 bridgehead atoms. The Kier molecular flexibility index (Phi) is 4.39. The van der Waals surface area contributed by atoms with Crippen LogP contribution in [0.15, 0.2) is 54.6 Å². The van der Waals surface area contributed by atoms with Gasteiger partial charge in [0.25, 0.3) is 5.91 Å². The fraction of sp³-hybridized carbons (Fsp3) is 0. The van der Waals surface area contributed by atoms with Crippen LogP contribution in [0.3, 0.4) is 0 Å². The van der Waals surface area contributed by atoms with Crippen LogP contribution in [0.1, 0.15) is 9.67 Å². The Labute approximate surface area is 163 Å². The number of para-hydroxylation sites is 1. The smallest absolute Gasteiger partial charge is 0.267 e. The molecule has 27 heavy (non-hydrogen) atoms. The molecule has 2 aromatic carbocycles. The first kappa shape index (κ1) is 17.3. The normalized spacial score (nSPS) is 10.9. The van der Waals surface area contributed by atoms with Gasteiger partial charge in [0.05, 0.1) is 16.8 Å². The number of amides is 1. The minimum Gasteiger partial charge on any atom is -0.397 e. The number of anilines is 3. The molecule has 0 atom stereocenters. The van der Waals surface area contributed by atoms with Gasteiger partial charge in [0.2, 0.25) is 5.95 Å². The highest BCUT2D eigenvalue weighted by molar-refractivity contribution is 7.21. The molecule has 0 radical (unpaired) electrons. The Morgan fingerprint density at radius 2 is 1.70 bits per heavy atom. The van der Waals surface area contributed by atoms with E-state index in [0.717, 1.165) is 5.56 Å². The van der Waals surface area contributed by atoms with Crippen molar-refractivity contribution in [1.82, 2.24) is 9.97 Å². The molecule has 0 fully saturated rings.